The molecule has 15 heavy (non-hydrogen) atoms. The molecule has 0 bridgehead atoms. The Hall–Kier alpha value is -1.30. The number of carbonyl (C=O) groups is 1. The van der Waals surface area contributed by atoms with Crippen LogP contribution in [0.3, 0.4) is 0 Å². The monoisotopic (exact) mass is 215 g/mol. The van der Waals surface area contributed by atoms with Crippen molar-refractivity contribution < 1.29 is 14.7 Å². The Bertz CT molecular complexity index is 255. The molecule has 6 nitrogen and oxygen atoms in total. The quantitative estimate of drug-likeness (QED) is 0.289. The van der Waals surface area contributed by atoms with E-state index in [9.17, 15) is 4.79 Å². The summed E-state index contributed by atoms with van der Waals surface area (Å²) in [4.78, 5) is 13.3. The number of likely N-dealkylation sites (tertiary alicyclic amines) is 1. The normalized spacial score (nSPS) is 22.1. The van der Waals surface area contributed by atoms with Crippen molar-refractivity contribution in [3.05, 3.63) is 0 Å². The molecule has 0 aliphatic carbocycles. The lowest BCUT2D eigenvalue weighted by Gasteiger charge is -2.15. The Labute approximate surface area is 88.7 Å². The van der Waals surface area contributed by atoms with Gasteiger partial charge in [-0.3, -0.25) is 4.79 Å². The van der Waals surface area contributed by atoms with Crippen molar-refractivity contribution in [2.45, 2.75) is 12.8 Å². The van der Waals surface area contributed by atoms with Crippen molar-refractivity contribution in [2.75, 3.05) is 26.8 Å². The van der Waals surface area contributed by atoms with Crippen LogP contribution in [0.25, 0.3) is 0 Å². The first kappa shape index (κ1) is 11.8. The Kier molecular flexibility index (Phi) is 4.36. The number of ether oxygens (including phenoxy) is 1. The zero-order chi connectivity index (χ0) is 11.3. The molecule has 1 saturated heterocycles. The SMILES string of the molecule is COCC1CCN(C(=O)CC(N)=NO)C1. The average Bonchev–Trinajstić information content (AvgIpc) is 2.67. The summed E-state index contributed by atoms with van der Waals surface area (Å²) in [6.07, 6.45) is 0.936. The van der Waals surface area contributed by atoms with Crippen LogP contribution in [-0.2, 0) is 9.53 Å². The molecular formula is C9H17N3O3. The van der Waals surface area contributed by atoms with Crippen molar-refractivity contribution >= 4 is 11.7 Å². The zero-order valence-electron chi connectivity index (χ0n) is 8.85. The smallest absolute Gasteiger partial charge is 0.230 e. The maximum atomic E-state index is 11.6. The van der Waals surface area contributed by atoms with Crippen LogP contribution in [0.2, 0.25) is 0 Å². The number of methoxy groups -OCH3 is 1. The van der Waals surface area contributed by atoms with E-state index in [1.165, 1.54) is 0 Å². The molecule has 1 unspecified atom stereocenters. The summed E-state index contributed by atoms with van der Waals surface area (Å²) in [5.41, 5.74) is 5.26. The lowest BCUT2D eigenvalue weighted by molar-refractivity contribution is -0.129. The van der Waals surface area contributed by atoms with Crippen LogP contribution in [0.15, 0.2) is 5.16 Å². The van der Waals surface area contributed by atoms with Crippen LogP contribution in [0.4, 0.5) is 0 Å². The van der Waals surface area contributed by atoms with Gasteiger partial charge in [-0.05, 0) is 6.42 Å². The fourth-order valence-corrected chi connectivity index (χ4v) is 1.73. The Morgan fingerprint density at radius 1 is 1.73 bits per heavy atom. The fourth-order valence-electron chi connectivity index (χ4n) is 1.73. The van der Waals surface area contributed by atoms with Gasteiger partial charge in [0.2, 0.25) is 5.91 Å². The summed E-state index contributed by atoms with van der Waals surface area (Å²) < 4.78 is 5.03. The first-order chi connectivity index (χ1) is 7.17. The molecule has 1 heterocycles. The van der Waals surface area contributed by atoms with E-state index in [4.69, 9.17) is 15.7 Å². The molecule has 1 atom stereocenters. The van der Waals surface area contributed by atoms with Crippen LogP contribution in [0.5, 0.6) is 0 Å². The van der Waals surface area contributed by atoms with E-state index in [1.54, 1.807) is 12.0 Å². The van der Waals surface area contributed by atoms with Gasteiger partial charge in [0, 0.05) is 26.1 Å². The van der Waals surface area contributed by atoms with Crippen molar-refractivity contribution in [2.24, 2.45) is 16.8 Å². The molecule has 1 rings (SSSR count). The van der Waals surface area contributed by atoms with Gasteiger partial charge in [-0.2, -0.15) is 0 Å². The standard InChI is InChI=1S/C9H17N3O3/c1-15-6-7-2-3-12(5-7)9(13)4-8(10)11-14/h7,14H,2-6H2,1H3,(H2,10,11). The highest BCUT2D eigenvalue weighted by atomic mass is 16.5. The fraction of sp³-hybridized carbons (Fsp3) is 0.778. The number of hydrogen-bond donors (Lipinski definition) is 2. The second-order valence-corrected chi connectivity index (χ2v) is 3.72. The van der Waals surface area contributed by atoms with Gasteiger partial charge in [0.05, 0.1) is 13.0 Å². The minimum Gasteiger partial charge on any atom is -0.409 e. The summed E-state index contributed by atoms with van der Waals surface area (Å²) in [5.74, 6) is 0.269. The van der Waals surface area contributed by atoms with Crippen LogP contribution >= 0.6 is 0 Å². The predicted octanol–water partition coefficient (Wildman–Crippen LogP) is -0.382. The second-order valence-electron chi connectivity index (χ2n) is 3.72. The molecule has 0 saturated carbocycles. The van der Waals surface area contributed by atoms with Crippen molar-refractivity contribution in [1.82, 2.24) is 4.90 Å². The Balaban J connectivity index is 2.36. The lowest BCUT2D eigenvalue weighted by atomic mass is 10.1. The Morgan fingerprint density at radius 2 is 2.47 bits per heavy atom. The minimum absolute atomic E-state index is 0.0177. The van der Waals surface area contributed by atoms with Crippen molar-refractivity contribution in [1.29, 1.82) is 0 Å². The number of amides is 1. The van der Waals surface area contributed by atoms with E-state index < -0.39 is 0 Å². The van der Waals surface area contributed by atoms with E-state index in [2.05, 4.69) is 5.16 Å². The summed E-state index contributed by atoms with van der Waals surface area (Å²) in [6.45, 7) is 2.10. The second kappa shape index (κ2) is 5.55. The molecule has 3 N–H and O–H groups in total. The Morgan fingerprint density at radius 3 is 3.07 bits per heavy atom. The third-order valence-electron chi connectivity index (χ3n) is 2.50. The molecule has 1 aliphatic rings. The number of nitrogens with zero attached hydrogens (tertiary/aromatic N) is 2. The van der Waals surface area contributed by atoms with E-state index in [0.29, 0.717) is 19.1 Å². The van der Waals surface area contributed by atoms with Gasteiger partial charge in [-0.25, -0.2) is 0 Å². The van der Waals surface area contributed by atoms with Crippen molar-refractivity contribution in [3.8, 4) is 0 Å². The van der Waals surface area contributed by atoms with Gasteiger partial charge >= 0.3 is 0 Å². The van der Waals surface area contributed by atoms with Gasteiger partial charge in [0.1, 0.15) is 5.84 Å². The summed E-state index contributed by atoms with van der Waals surface area (Å²) in [7, 11) is 1.65. The highest BCUT2D eigenvalue weighted by molar-refractivity contribution is 5.98. The van der Waals surface area contributed by atoms with Crippen LogP contribution in [0.1, 0.15) is 12.8 Å². The van der Waals surface area contributed by atoms with Gasteiger partial charge in [0.25, 0.3) is 0 Å². The molecule has 1 aliphatic heterocycles. The topological polar surface area (TPSA) is 88.2 Å². The molecule has 0 aromatic rings. The van der Waals surface area contributed by atoms with E-state index in [0.717, 1.165) is 13.0 Å². The number of amidine groups is 1. The third kappa shape index (κ3) is 3.39. The molecule has 0 spiro atoms. The van der Waals surface area contributed by atoms with Crippen LogP contribution < -0.4 is 5.73 Å². The lowest BCUT2D eigenvalue weighted by Crippen LogP contribution is -2.32. The van der Waals surface area contributed by atoms with Gasteiger partial charge in [-0.1, -0.05) is 5.16 Å². The average molecular weight is 215 g/mol. The van der Waals surface area contributed by atoms with E-state index in [1.807, 2.05) is 0 Å². The molecule has 0 radical (unpaired) electrons. The molecule has 1 fully saturated rings. The maximum absolute atomic E-state index is 11.6. The molecule has 0 aromatic carbocycles. The first-order valence-corrected chi connectivity index (χ1v) is 4.90. The summed E-state index contributed by atoms with van der Waals surface area (Å²) >= 11 is 0. The number of rotatable bonds is 4. The molecule has 1 amide bonds. The molecule has 6 heteroatoms. The van der Waals surface area contributed by atoms with Crippen LogP contribution in [0, 0.1) is 5.92 Å². The predicted molar refractivity (Wildman–Crippen MR) is 54.6 cm³/mol. The van der Waals surface area contributed by atoms with E-state index >= 15 is 0 Å². The van der Waals surface area contributed by atoms with Crippen LogP contribution in [-0.4, -0.2) is 48.7 Å². The highest BCUT2D eigenvalue weighted by Crippen LogP contribution is 2.16. The molecule has 0 aromatic heterocycles. The van der Waals surface area contributed by atoms with E-state index in [-0.39, 0.29) is 18.2 Å². The number of hydrogen-bond acceptors (Lipinski definition) is 4. The number of oxime groups is 1. The maximum Gasteiger partial charge on any atom is 0.230 e. The molecular weight excluding hydrogens is 198 g/mol. The summed E-state index contributed by atoms with van der Waals surface area (Å²) in [5, 5.41) is 11.1. The number of carbonyl (C=O) groups excluding carboxylic acids is 1. The van der Waals surface area contributed by atoms with Gasteiger partial charge in [-0.15, -0.1) is 0 Å². The number of nitrogens with two attached hydrogens (primary N) is 1. The third-order valence-corrected chi connectivity index (χ3v) is 2.50. The first-order valence-electron chi connectivity index (χ1n) is 4.90. The molecule has 86 valence electrons. The largest absolute Gasteiger partial charge is 0.409 e. The minimum atomic E-state index is -0.0936. The summed E-state index contributed by atoms with van der Waals surface area (Å²) in [6, 6.07) is 0. The van der Waals surface area contributed by atoms with Crippen molar-refractivity contribution in [3.63, 3.8) is 0 Å². The van der Waals surface area contributed by atoms with Gasteiger partial charge in [0.15, 0.2) is 0 Å². The van der Waals surface area contributed by atoms with Gasteiger partial charge < -0.3 is 20.6 Å². The zero-order valence-corrected chi connectivity index (χ0v) is 8.85. The highest BCUT2D eigenvalue weighted by Gasteiger charge is 2.26.